The van der Waals surface area contributed by atoms with E-state index in [0.717, 1.165) is 89.9 Å². The Morgan fingerprint density at radius 3 is 1.03 bits per heavy atom. The Balaban J connectivity index is 4.54. The minimum atomic E-state index is -0.825. The van der Waals surface area contributed by atoms with E-state index in [-0.39, 0.29) is 44.0 Å². The topological polar surface area (TPSA) is 78.9 Å². The van der Waals surface area contributed by atoms with Crippen molar-refractivity contribution in [3.8, 4) is 0 Å². The van der Waals surface area contributed by atoms with Crippen LogP contribution in [-0.2, 0) is 28.6 Å². The molecule has 0 N–H and O–H groups in total. The van der Waals surface area contributed by atoms with Crippen LogP contribution in [0.4, 0.5) is 0 Å². The van der Waals surface area contributed by atoms with E-state index in [1.54, 1.807) is 0 Å². The van der Waals surface area contributed by atoms with Gasteiger partial charge in [0.15, 0.2) is 6.10 Å². The highest BCUT2D eigenvalue weighted by atomic mass is 16.6. The van der Waals surface area contributed by atoms with Crippen molar-refractivity contribution in [1.82, 2.24) is 0 Å². The molecule has 67 heavy (non-hydrogen) atoms. The van der Waals surface area contributed by atoms with E-state index in [1.165, 1.54) is 96.3 Å². The monoisotopic (exact) mass is 929 g/mol. The highest BCUT2D eigenvalue weighted by molar-refractivity contribution is 5.71. The molecule has 6 heteroatoms. The second-order valence-corrected chi connectivity index (χ2v) is 17.7. The van der Waals surface area contributed by atoms with Gasteiger partial charge in [0, 0.05) is 19.3 Å². The summed E-state index contributed by atoms with van der Waals surface area (Å²) in [7, 11) is 0. The van der Waals surface area contributed by atoms with E-state index in [9.17, 15) is 14.4 Å². The van der Waals surface area contributed by atoms with Gasteiger partial charge in [0.05, 0.1) is 0 Å². The second kappa shape index (κ2) is 54.7. The first-order valence-corrected chi connectivity index (χ1v) is 27.4. The summed E-state index contributed by atoms with van der Waals surface area (Å²) < 4.78 is 16.7. The van der Waals surface area contributed by atoms with E-state index < -0.39 is 6.10 Å². The molecule has 0 aliphatic carbocycles. The Hall–Kier alpha value is -3.93. The van der Waals surface area contributed by atoms with Crippen LogP contribution in [0.15, 0.2) is 109 Å². The van der Waals surface area contributed by atoms with E-state index in [0.29, 0.717) is 19.3 Å². The molecule has 0 spiro atoms. The molecule has 0 amide bonds. The van der Waals surface area contributed by atoms with E-state index >= 15 is 0 Å². The quantitative estimate of drug-likeness (QED) is 0.0262. The van der Waals surface area contributed by atoms with Crippen LogP contribution in [0, 0.1) is 0 Å². The van der Waals surface area contributed by atoms with Gasteiger partial charge in [-0.2, -0.15) is 0 Å². The van der Waals surface area contributed by atoms with Gasteiger partial charge in [-0.25, -0.2) is 0 Å². The second-order valence-electron chi connectivity index (χ2n) is 17.7. The maximum atomic E-state index is 12.8. The smallest absolute Gasteiger partial charge is 0.306 e. The minimum absolute atomic E-state index is 0.116. The van der Waals surface area contributed by atoms with Gasteiger partial charge in [0.2, 0.25) is 0 Å². The standard InChI is InChI=1S/C61H100O6/c1-4-7-10-13-16-19-22-25-28-30-33-35-38-41-44-47-50-53-59(62)65-56-58(67-61(64)55-52-49-46-43-40-37-32-27-24-21-18-15-12-9-6-3)57-66-60(63)54-51-48-45-42-39-36-34-31-29-26-23-20-17-14-11-8-5-2/h9,12,16,18-19,21,25-29,32,34,36,40,42-43,45,58H,4-8,10-11,13-15,17,20,22-24,30-31,33,35,37-39,41,44,46-57H2,1-3H3/b12-9-,19-16-,21-18-,28-25-,29-26-,32-27-,36-34-,43-40-,45-42-/t58-/m1/s1. The van der Waals surface area contributed by atoms with E-state index in [2.05, 4.69) is 130 Å². The molecular formula is C61H100O6. The van der Waals surface area contributed by atoms with E-state index in [4.69, 9.17) is 14.2 Å². The number of ether oxygens (including phenoxy) is 3. The molecule has 0 heterocycles. The lowest BCUT2D eigenvalue weighted by Gasteiger charge is -2.18. The summed E-state index contributed by atoms with van der Waals surface area (Å²) in [5, 5.41) is 0. The molecule has 0 aliphatic rings. The first-order valence-electron chi connectivity index (χ1n) is 27.4. The minimum Gasteiger partial charge on any atom is -0.462 e. The molecule has 0 unspecified atom stereocenters. The number of esters is 3. The van der Waals surface area contributed by atoms with Crippen molar-refractivity contribution in [2.45, 2.75) is 245 Å². The summed E-state index contributed by atoms with van der Waals surface area (Å²) in [6.07, 6.45) is 73.7. The van der Waals surface area contributed by atoms with Gasteiger partial charge in [-0.3, -0.25) is 14.4 Å². The van der Waals surface area contributed by atoms with Gasteiger partial charge in [-0.15, -0.1) is 0 Å². The molecule has 0 aromatic carbocycles. The Morgan fingerprint density at radius 2 is 0.597 bits per heavy atom. The van der Waals surface area contributed by atoms with E-state index in [1.807, 2.05) is 0 Å². The lowest BCUT2D eigenvalue weighted by molar-refractivity contribution is -0.167. The van der Waals surface area contributed by atoms with Gasteiger partial charge < -0.3 is 14.2 Å². The molecule has 0 radical (unpaired) electrons. The average Bonchev–Trinajstić information content (AvgIpc) is 3.33. The first kappa shape index (κ1) is 63.1. The molecule has 0 fully saturated rings. The third-order valence-electron chi connectivity index (χ3n) is 11.2. The molecule has 0 saturated carbocycles. The zero-order valence-electron chi connectivity index (χ0n) is 43.4. The summed E-state index contributed by atoms with van der Waals surface area (Å²) in [6, 6.07) is 0. The molecule has 0 aliphatic heterocycles. The van der Waals surface area contributed by atoms with Crippen LogP contribution in [-0.4, -0.2) is 37.2 Å². The van der Waals surface area contributed by atoms with Gasteiger partial charge in [-0.1, -0.05) is 207 Å². The molecule has 0 rings (SSSR count). The highest BCUT2D eigenvalue weighted by Gasteiger charge is 2.19. The Kier molecular flexibility index (Phi) is 51.5. The number of allylic oxidation sites excluding steroid dienone is 18. The van der Waals surface area contributed by atoms with Gasteiger partial charge in [-0.05, 0) is 122 Å². The molecular weight excluding hydrogens is 829 g/mol. The van der Waals surface area contributed by atoms with Crippen molar-refractivity contribution in [2.24, 2.45) is 0 Å². The van der Waals surface area contributed by atoms with Crippen molar-refractivity contribution < 1.29 is 28.6 Å². The third-order valence-corrected chi connectivity index (χ3v) is 11.2. The molecule has 1 atom stereocenters. The SMILES string of the molecule is CC/C=C\C/C=C\C/C=C\C/C=C\CCCCC(=O)O[C@@H](COC(=O)CCC/C=C\C/C=C\C/C=C\CCCCCCCC)COC(=O)CCCCCCCCC/C=C\C/C=C\CCCCC. The molecule has 0 saturated heterocycles. The Morgan fingerprint density at radius 1 is 0.313 bits per heavy atom. The summed E-state index contributed by atoms with van der Waals surface area (Å²) in [6.45, 7) is 6.40. The summed E-state index contributed by atoms with van der Waals surface area (Å²) >= 11 is 0. The van der Waals surface area contributed by atoms with Gasteiger partial charge >= 0.3 is 17.9 Å². The maximum Gasteiger partial charge on any atom is 0.306 e. The van der Waals surface area contributed by atoms with Crippen LogP contribution in [0.3, 0.4) is 0 Å². The van der Waals surface area contributed by atoms with Crippen LogP contribution in [0.2, 0.25) is 0 Å². The fourth-order valence-electron chi connectivity index (χ4n) is 7.13. The number of carbonyl (C=O) groups excluding carboxylic acids is 3. The summed E-state index contributed by atoms with van der Waals surface area (Å²) in [5.41, 5.74) is 0. The zero-order chi connectivity index (χ0) is 48.6. The zero-order valence-corrected chi connectivity index (χ0v) is 43.4. The van der Waals surface area contributed by atoms with Crippen molar-refractivity contribution in [2.75, 3.05) is 13.2 Å². The first-order chi connectivity index (χ1) is 33.0. The van der Waals surface area contributed by atoms with Crippen molar-refractivity contribution in [1.29, 1.82) is 0 Å². The number of carbonyl (C=O) groups is 3. The number of hydrogen-bond donors (Lipinski definition) is 0. The van der Waals surface area contributed by atoms with Crippen molar-refractivity contribution in [3.63, 3.8) is 0 Å². The summed E-state index contributed by atoms with van der Waals surface area (Å²) in [5.74, 6) is -1.02. The Bertz CT molecular complexity index is 1390. The fourth-order valence-corrected chi connectivity index (χ4v) is 7.13. The normalized spacial score (nSPS) is 12.9. The predicted octanol–water partition coefficient (Wildman–Crippen LogP) is 18.3. The van der Waals surface area contributed by atoms with Crippen LogP contribution >= 0.6 is 0 Å². The van der Waals surface area contributed by atoms with Crippen LogP contribution in [0.5, 0.6) is 0 Å². The fraction of sp³-hybridized carbons (Fsp3) is 0.656. The van der Waals surface area contributed by atoms with Crippen molar-refractivity contribution in [3.05, 3.63) is 109 Å². The van der Waals surface area contributed by atoms with Crippen LogP contribution < -0.4 is 0 Å². The number of hydrogen-bond acceptors (Lipinski definition) is 6. The average molecular weight is 929 g/mol. The summed E-state index contributed by atoms with van der Waals surface area (Å²) in [4.78, 5) is 38.1. The maximum absolute atomic E-state index is 12.8. The lowest BCUT2D eigenvalue weighted by Crippen LogP contribution is -2.30. The highest BCUT2D eigenvalue weighted by Crippen LogP contribution is 2.13. The van der Waals surface area contributed by atoms with Gasteiger partial charge in [0.1, 0.15) is 13.2 Å². The van der Waals surface area contributed by atoms with Crippen LogP contribution in [0.25, 0.3) is 0 Å². The molecule has 0 aromatic rings. The predicted molar refractivity (Wildman–Crippen MR) is 288 cm³/mol. The van der Waals surface area contributed by atoms with Crippen molar-refractivity contribution >= 4 is 17.9 Å². The van der Waals surface area contributed by atoms with Crippen LogP contribution in [0.1, 0.15) is 239 Å². The van der Waals surface area contributed by atoms with Gasteiger partial charge in [0.25, 0.3) is 0 Å². The molecule has 380 valence electrons. The number of rotatable bonds is 48. The molecule has 0 bridgehead atoms. The molecule has 0 aromatic heterocycles. The third kappa shape index (κ3) is 52.9. The Labute approximate surface area is 412 Å². The largest absolute Gasteiger partial charge is 0.462 e. The lowest BCUT2D eigenvalue weighted by atomic mass is 10.1. The molecule has 6 nitrogen and oxygen atoms in total. The number of unbranched alkanes of at least 4 members (excludes halogenated alkanes) is 19.